The fourth-order valence-corrected chi connectivity index (χ4v) is 4.12. The van der Waals surface area contributed by atoms with Crippen molar-refractivity contribution in [3.63, 3.8) is 0 Å². The Balaban J connectivity index is 2.19. The van der Waals surface area contributed by atoms with Crippen molar-refractivity contribution in [2.75, 3.05) is 12.8 Å². The lowest BCUT2D eigenvalue weighted by atomic mass is 9.97. The number of fused-ring (bicyclic) bond motifs is 1. The van der Waals surface area contributed by atoms with E-state index in [9.17, 15) is 17.9 Å². The van der Waals surface area contributed by atoms with E-state index in [-0.39, 0.29) is 29.9 Å². The van der Waals surface area contributed by atoms with Crippen LogP contribution in [-0.2, 0) is 16.4 Å². The molecular formula is C21H25FN4O3S. The molecule has 3 aromatic heterocycles. The molecule has 3 N–H and O–H groups in total. The highest BCUT2D eigenvalue weighted by molar-refractivity contribution is 7.90. The van der Waals surface area contributed by atoms with Gasteiger partial charge in [0.15, 0.2) is 14.9 Å². The van der Waals surface area contributed by atoms with Crippen LogP contribution in [0.15, 0.2) is 53.6 Å². The van der Waals surface area contributed by atoms with Crippen LogP contribution >= 0.6 is 0 Å². The summed E-state index contributed by atoms with van der Waals surface area (Å²) in [6, 6.07) is 6.47. The van der Waals surface area contributed by atoms with Crippen LogP contribution in [0.25, 0.3) is 11.0 Å². The van der Waals surface area contributed by atoms with Gasteiger partial charge in [-0.05, 0) is 30.2 Å². The minimum atomic E-state index is -3.45. The molecule has 1 atom stereocenters. The average molecular weight is 433 g/mol. The van der Waals surface area contributed by atoms with E-state index in [4.69, 9.17) is 5.73 Å². The highest BCUT2D eigenvalue weighted by atomic mass is 32.2. The van der Waals surface area contributed by atoms with Crippen molar-refractivity contribution in [2.45, 2.75) is 37.4 Å². The maximum atomic E-state index is 14.4. The third-order valence-electron chi connectivity index (χ3n) is 4.82. The molecule has 3 rings (SSSR count). The first-order valence-electron chi connectivity index (χ1n) is 9.50. The first-order chi connectivity index (χ1) is 14.1. The number of rotatable bonds is 7. The number of aliphatic hydroxyl groups is 1. The van der Waals surface area contributed by atoms with Crippen molar-refractivity contribution in [2.24, 2.45) is 5.73 Å². The van der Waals surface area contributed by atoms with Crippen molar-refractivity contribution in [3.05, 3.63) is 65.4 Å². The molecule has 0 amide bonds. The monoisotopic (exact) mass is 432 g/mol. The lowest BCUT2D eigenvalue weighted by Gasteiger charge is -2.18. The Bertz CT molecular complexity index is 1180. The lowest BCUT2D eigenvalue weighted by molar-refractivity contribution is 0.219. The molecule has 0 fully saturated rings. The summed E-state index contributed by atoms with van der Waals surface area (Å²) >= 11 is 0. The highest BCUT2D eigenvalue weighted by Crippen LogP contribution is 2.37. The molecule has 1 unspecified atom stereocenters. The van der Waals surface area contributed by atoms with Gasteiger partial charge in [-0.15, -0.1) is 0 Å². The van der Waals surface area contributed by atoms with Gasteiger partial charge >= 0.3 is 0 Å². The average Bonchev–Trinajstić information content (AvgIpc) is 3.01. The minimum absolute atomic E-state index is 0.0229. The molecule has 160 valence electrons. The smallest absolute Gasteiger partial charge is 0.192 e. The number of aromatic nitrogens is 3. The van der Waals surface area contributed by atoms with Crippen molar-refractivity contribution < 1.29 is 17.9 Å². The van der Waals surface area contributed by atoms with Crippen molar-refractivity contribution in [1.29, 1.82) is 0 Å². The fraction of sp³-hybridized carbons (Fsp3) is 0.333. The van der Waals surface area contributed by atoms with E-state index in [1.54, 1.807) is 16.8 Å². The minimum Gasteiger partial charge on any atom is -0.383 e. The first kappa shape index (κ1) is 22.1. The standard InChI is InChI=1S/C21H25FN4O3S/c1-13(2)20-18(21(27)14-6-7-17(25-11-14)30(3,28)29)19-16(5-4-10-24-19)26(20)12-15(22)8-9-23/h4-8,10-11,13,21,27H,9,12,23H2,1-3H3. The number of hydrogen-bond donors (Lipinski definition) is 2. The second-order valence-electron chi connectivity index (χ2n) is 7.40. The SMILES string of the molecule is CC(C)c1c(C(O)c2ccc(S(C)(=O)=O)nc2)c2ncccc2n1CC(F)=CCN. The summed E-state index contributed by atoms with van der Waals surface area (Å²) in [5.41, 5.74) is 8.40. The van der Waals surface area contributed by atoms with Gasteiger partial charge in [-0.25, -0.2) is 17.8 Å². The van der Waals surface area contributed by atoms with Crippen LogP contribution < -0.4 is 5.73 Å². The van der Waals surface area contributed by atoms with E-state index in [2.05, 4.69) is 9.97 Å². The van der Waals surface area contributed by atoms with Crippen molar-refractivity contribution in [1.82, 2.24) is 14.5 Å². The van der Waals surface area contributed by atoms with E-state index < -0.39 is 15.9 Å². The molecule has 0 aliphatic rings. The molecule has 0 radical (unpaired) electrons. The third-order valence-corrected chi connectivity index (χ3v) is 5.82. The van der Waals surface area contributed by atoms with Crippen LogP contribution in [0.3, 0.4) is 0 Å². The highest BCUT2D eigenvalue weighted by Gasteiger charge is 2.27. The molecule has 0 spiro atoms. The Labute approximate surface area is 175 Å². The van der Waals surface area contributed by atoms with E-state index in [1.807, 2.05) is 19.9 Å². The third kappa shape index (κ3) is 4.28. The van der Waals surface area contributed by atoms with Gasteiger partial charge in [-0.2, -0.15) is 0 Å². The summed E-state index contributed by atoms with van der Waals surface area (Å²) in [6.07, 6.45) is 4.24. The number of sulfone groups is 1. The molecule has 0 aromatic carbocycles. The van der Waals surface area contributed by atoms with Gasteiger partial charge in [-0.1, -0.05) is 19.9 Å². The van der Waals surface area contributed by atoms with Gasteiger partial charge in [0.05, 0.1) is 17.6 Å². The van der Waals surface area contributed by atoms with Crippen molar-refractivity contribution >= 4 is 20.9 Å². The van der Waals surface area contributed by atoms with Gasteiger partial charge < -0.3 is 15.4 Å². The number of allylic oxidation sites excluding steroid dienone is 1. The first-order valence-corrected chi connectivity index (χ1v) is 11.4. The lowest BCUT2D eigenvalue weighted by Crippen LogP contribution is -2.11. The molecule has 30 heavy (non-hydrogen) atoms. The molecule has 0 bridgehead atoms. The maximum Gasteiger partial charge on any atom is 0.192 e. The zero-order valence-electron chi connectivity index (χ0n) is 17.1. The summed E-state index contributed by atoms with van der Waals surface area (Å²) in [5.74, 6) is -0.418. The number of nitrogens with zero attached hydrogens (tertiary/aromatic N) is 3. The largest absolute Gasteiger partial charge is 0.383 e. The van der Waals surface area contributed by atoms with Crippen LogP contribution in [0.5, 0.6) is 0 Å². The van der Waals surface area contributed by atoms with E-state index in [0.717, 1.165) is 11.9 Å². The Hall–Kier alpha value is -2.62. The molecule has 0 aliphatic heterocycles. The van der Waals surface area contributed by atoms with Gasteiger partial charge in [0, 0.05) is 42.0 Å². The van der Waals surface area contributed by atoms with E-state index in [0.29, 0.717) is 22.2 Å². The molecule has 7 nitrogen and oxygen atoms in total. The number of hydrogen-bond acceptors (Lipinski definition) is 6. The molecule has 0 saturated heterocycles. The number of aliphatic hydroxyl groups excluding tert-OH is 1. The van der Waals surface area contributed by atoms with Crippen LogP contribution in [0.2, 0.25) is 0 Å². The molecule has 3 heterocycles. The second-order valence-corrected chi connectivity index (χ2v) is 9.36. The zero-order valence-corrected chi connectivity index (χ0v) is 17.9. The fourth-order valence-electron chi connectivity index (χ4n) is 3.56. The van der Waals surface area contributed by atoms with Gasteiger partial charge in [0.2, 0.25) is 0 Å². The summed E-state index contributed by atoms with van der Waals surface area (Å²) in [4.78, 5) is 8.41. The van der Waals surface area contributed by atoms with Gasteiger partial charge in [0.1, 0.15) is 11.9 Å². The zero-order chi connectivity index (χ0) is 22.1. The second kappa shape index (κ2) is 8.63. The summed E-state index contributed by atoms with van der Waals surface area (Å²) in [5, 5.41) is 11.1. The summed E-state index contributed by atoms with van der Waals surface area (Å²) < 4.78 is 39.5. The predicted molar refractivity (Wildman–Crippen MR) is 113 cm³/mol. The number of pyridine rings is 2. The molecule has 3 aromatic rings. The quantitative estimate of drug-likeness (QED) is 0.594. The van der Waals surface area contributed by atoms with Crippen LogP contribution in [-0.4, -0.2) is 40.9 Å². The molecule has 9 heteroatoms. The van der Waals surface area contributed by atoms with Crippen LogP contribution in [0.1, 0.15) is 42.7 Å². The van der Waals surface area contributed by atoms with Gasteiger partial charge in [0.25, 0.3) is 0 Å². The van der Waals surface area contributed by atoms with Gasteiger partial charge in [-0.3, -0.25) is 4.98 Å². The number of halogens is 1. The van der Waals surface area contributed by atoms with Crippen LogP contribution in [0.4, 0.5) is 4.39 Å². The summed E-state index contributed by atoms with van der Waals surface area (Å²) in [6.45, 7) is 3.98. The van der Waals surface area contributed by atoms with E-state index in [1.165, 1.54) is 24.4 Å². The Kier molecular flexibility index (Phi) is 6.35. The normalized spacial score (nSPS) is 13.9. The topological polar surface area (TPSA) is 111 Å². The maximum absolute atomic E-state index is 14.4. The Morgan fingerprint density at radius 2 is 2.03 bits per heavy atom. The Morgan fingerprint density at radius 1 is 1.30 bits per heavy atom. The van der Waals surface area contributed by atoms with E-state index >= 15 is 0 Å². The Morgan fingerprint density at radius 3 is 2.60 bits per heavy atom. The van der Waals surface area contributed by atoms with Crippen LogP contribution in [0, 0.1) is 0 Å². The summed E-state index contributed by atoms with van der Waals surface area (Å²) in [7, 11) is -3.45. The number of nitrogens with two attached hydrogens (primary N) is 1. The molecule has 0 aliphatic carbocycles. The molecule has 0 saturated carbocycles. The van der Waals surface area contributed by atoms with Crippen molar-refractivity contribution in [3.8, 4) is 0 Å². The predicted octanol–water partition coefficient (Wildman–Crippen LogP) is 2.85. The molecular weight excluding hydrogens is 407 g/mol.